The van der Waals surface area contributed by atoms with Gasteiger partial charge in [-0.15, -0.1) is 11.3 Å². The topological polar surface area (TPSA) is 74.3 Å². The predicted molar refractivity (Wildman–Crippen MR) is 114 cm³/mol. The Morgan fingerprint density at radius 3 is 2.79 bits per heavy atom. The summed E-state index contributed by atoms with van der Waals surface area (Å²) in [4.78, 5) is 31.8. The van der Waals surface area contributed by atoms with Gasteiger partial charge in [0.2, 0.25) is 0 Å². The molecule has 5 rings (SSSR count). The summed E-state index contributed by atoms with van der Waals surface area (Å²) in [5, 5.41) is 7.73. The number of carbonyl (C=O) groups excluding carboxylic acids is 2. The molecular formula is C22H22N4O2S. The highest BCUT2D eigenvalue weighted by molar-refractivity contribution is 7.23. The van der Waals surface area contributed by atoms with Gasteiger partial charge in [-0.1, -0.05) is 18.2 Å². The number of hydrogen-bond donors (Lipinski definition) is 2. The number of carbonyl (C=O) groups is 2. The lowest BCUT2D eigenvalue weighted by Gasteiger charge is -2.30. The Bertz CT molecular complexity index is 1050. The van der Waals surface area contributed by atoms with Crippen LogP contribution >= 0.6 is 11.3 Å². The van der Waals surface area contributed by atoms with Gasteiger partial charge in [0.1, 0.15) is 5.69 Å². The molecule has 1 aromatic carbocycles. The van der Waals surface area contributed by atoms with Crippen molar-refractivity contribution in [3.05, 3.63) is 59.9 Å². The molecular weight excluding hydrogens is 384 g/mol. The van der Waals surface area contributed by atoms with E-state index in [1.165, 1.54) is 24.3 Å². The molecule has 4 heterocycles. The first-order valence-corrected chi connectivity index (χ1v) is 10.7. The van der Waals surface area contributed by atoms with E-state index in [2.05, 4.69) is 20.5 Å². The highest BCUT2D eigenvalue weighted by Gasteiger charge is 2.33. The first-order chi connectivity index (χ1) is 14.1. The second-order valence-corrected chi connectivity index (χ2v) is 8.94. The summed E-state index contributed by atoms with van der Waals surface area (Å²) >= 11 is 1.45. The zero-order valence-electron chi connectivity index (χ0n) is 15.9. The Hall–Kier alpha value is -2.77. The minimum absolute atomic E-state index is 0.123. The fourth-order valence-corrected chi connectivity index (χ4v) is 5.28. The third-order valence-corrected chi connectivity index (χ3v) is 6.72. The molecule has 0 aliphatic carbocycles. The van der Waals surface area contributed by atoms with E-state index < -0.39 is 0 Å². The van der Waals surface area contributed by atoms with Crippen LogP contribution in [-0.2, 0) is 0 Å². The maximum atomic E-state index is 12.7. The van der Waals surface area contributed by atoms with E-state index >= 15 is 0 Å². The van der Waals surface area contributed by atoms with Crippen molar-refractivity contribution in [2.45, 2.75) is 18.9 Å². The molecule has 6 nitrogen and oxygen atoms in total. The SMILES string of the molecule is O=C(Nc1cc2cnc(C(=O)NC3CC4CCN(C4)C3)cc2s1)c1ccccc1. The maximum Gasteiger partial charge on any atom is 0.270 e. The average Bonchev–Trinajstić information content (AvgIpc) is 3.29. The van der Waals surface area contributed by atoms with Gasteiger partial charge in [0.05, 0.1) is 5.00 Å². The standard InChI is InChI=1S/C22H22N4O2S/c27-21(15-4-2-1-3-5-15)25-20-9-16-11-23-18(10-19(16)29-20)22(28)24-17-8-14-6-7-26(12-14)13-17/h1-5,9-11,14,17H,6-8,12-13H2,(H,24,28)(H,25,27). The molecule has 7 heteroatoms. The Labute approximate surface area is 172 Å². The van der Waals surface area contributed by atoms with Crippen molar-refractivity contribution >= 4 is 38.2 Å². The number of nitrogens with zero attached hydrogens (tertiary/aromatic N) is 2. The van der Waals surface area contributed by atoms with Crippen LogP contribution in [-0.4, -0.2) is 47.4 Å². The van der Waals surface area contributed by atoms with Crippen LogP contribution in [0.25, 0.3) is 10.1 Å². The lowest BCUT2D eigenvalue weighted by Crippen LogP contribution is -2.47. The smallest absolute Gasteiger partial charge is 0.270 e. The normalized spacial score (nSPS) is 23.1. The molecule has 0 radical (unpaired) electrons. The van der Waals surface area contributed by atoms with Crippen LogP contribution in [0.2, 0.25) is 0 Å². The summed E-state index contributed by atoms with van der Waals surface area (Å²) in [5.74, 6) is 0.435. The first kappa shape index (κ1) is 18.3. The number of piperidine rings is 1. The zero-order chi connectivity index (χ0) is 19.8. The fourth-order valence-electron chi connectivity index (χ4n) is 4.32. The van der Waals surface area contributed by atoms with Gasteiger partial charge >= 0.3 is 0 Å². The van der Waals surface area contributed by atoms with Gasteiger partial charge in [-0.25, -0.2) is 0 Å². The van der Waals surface area contributed by atoms with Gasteiger partial charge in [-0.05, 0) is 49.6 Å². The van der Waals surface area contributed by atoms with Gasteiger partial charge in [0.25, 0.3) is 11.8 Å². The number of anilines is 1. The number of benzene rings is 1. The molecule has 2 aliphatic rings. The molecule has 29 heavy (non-hydrogen) atoms. The van der Waals surface area contributed by atoms with Crippen LogP contribution in [0.4, 0.5) is 5.00 Å². The van der Waals surface area contributed by atoms with Crippen LogP contribution in [0.15, 0.2) is 48.7 Å². The second-order valence-electron chi connectivity index (χ2n) is 7.86. The largest absolute Gasteiger partial charge is 0.347 e. The highest BCUT2D eigenvalue weighted by atomic mass is 32.1. The van der Waals surface area contributed by atoms with Crippen molar-refractivity contribution in [2.24, 2.45) is 5.92 Å². The van der Waals surface area contributed by atoms with E-state index in [1.54, 1.807) is 18.3 Å². The quantitative estimate of drug-likeness (QED) is 0.697. The predicted octanol–water partition coefficient (Wildman–Crippen LogP) is 3.37. The van der Waals surface area contributed by atoms with Crippen molar-refractivity contribution in [3.8, 4) is 0 Å². The average molecular weight is 407 g/mol. The van der Waals surface area contributed by atoms with E-state index in [-0.39, 0.29) is 17.9 Å². The molecule has 2 bridgehead atoms. The summed E-state index contributed by atoms with van der Waals surface area (Å²) in [6.07, 6.45) is 4.00. The Morgan fingerprint density at radius 2 is 1.97 bits per heavy atom. The van der Waals surface area contributed by atoms with Gasteiger partial charge in [-0.3, -0.25) is 14.6 Å². The summed E-state index contributed by atoms with van der Waals surface area (Å²) in [6.45, 7) is 3.25. The lowest BCUT2D eigenvalue weighted by atomic mass is 9.97. The number of thiophene rings is 1. The third-order valence-electron chi connectivity index (χ3n) is 5.71. The highest BCUT2D eigenvalue weighted by Crippen LogP contribution is 2.30. The number of nitrogens with one attached hydrogen (secondary N) is 2. The molecule has 2 fully saturated rings. The van der Waals surface area contributed by atoms with E-state index in [9.17, 15) is 9.59 Å². The second kappa shape index (κ2) is 7.57. The monoisotopic (exact) mass is 406 g/mol. The first-order valence-electron chi connectivity index (χ1n) is 9.93. The van der Waals surface area contributed by atoms with Gasteiger partial charge < -0.3 is 15.5 Å². The van der Waals surface area contributed by atoms with Crippen LogP contribution in [0.1, 0.15) is 33.7 Å². The fraction of sp³-hybridized carbons (Fsp3) is 0.318. The number of aromatic nitrogens is 1. The van der Waals surface area contributed by atoms with Gasteiger partial charge in [-0.2, -0.15) is 0 Å². The minimum Gasteiger partial charge on any atom is -0.347 e. The Morgan fingerprint density at radius 1 is 1.10 bits per heavy atom. The van der Waals surface area contributed by atoms with Crippen LogP contribution in [0.3, 0.4) is 0 Å². The number of fused-ring (bicyclic) bond motifs is 3. The van der Waals surface area contributed by atoms with Crippen LogP contribution in [0, 0.1) is 5.92 Å². The van der Waals surface area contributed by atoms with E-state index in [0.717, 1.165) is 34.6 Å². The van der Waals surface area contributed by atoms with Gasteiger partial charge in [0, 0.05) is 41.0 Å². The Kier molecular flexibility index (Phi) is 4.77. The number of pyridine rings is 1. The van der Waals surface area contributed by atoms with Crippen molar-refractivity contribution in [1.29, 1.82) is 0 Å². The summed E-state index contributed by atoms with van der Waals surface area (Å²) in [5.41, 5.74) is 1.04. The summed E-state index contributed by atoms with van der Waals surface area (Å²) in [6, 6.07) is 13.0. The lowest BCUT2D eigenvalue weighted by molar-refractivity contribution is 0.0904. The molecule has 2 aromatic heterocycles. The molecule has 0 spiro atoms. The van der Waals surface area contributed by atoms with Crippen LogP contribution in [0.5, 0.6) is 0 Å². The van der Waals surface area contributed by atoms with Crippen molar-refractivity contribution in [2.75, 3.05) is 25.0 Å². The summed E-state index contributed by atoms with van der Waals surface area (Å²) < 4.78 is 0.931. The van der Waals surface area contributed by atoms with Crippen molar-refractivity contribution < 1.29 is 9.59 Å². The van der Waals surface area contributed by atoms with Crippen molar-refractivity contribution in [1.82, 2.24) is 15.2 Å². The molecule has 3 unspecified atom stereocenters. The molecule has 148 valence electrons. The van der Waals surface area contributed by atoms with E-state index in [0.29, 0.717) is 17.2 Å². The minimum atomic E-state index is -0.148. The van der Waals surface area contributed by atoms with E-state index in [4.69, 9.17) is 0 Å². The number of rotatable bonds is 4. The third kappa shape index (κ3) is 3.88. The summed E-state index contributed by atoms with van der Waals surface area (Å²) in [7, 11) is 0. The Balaban J connectivity index is 1.29. The molecule has 2 saturated heterocycles. The molecule has 3 aromatic rings. The molecule has 2 amide bonds. The van der Waals surface area contributed by atoms with Gasteiger partial charge in [0.15, 0.2) is 0 Å². The maximum absolute atomic E-state index is 12.7. The molecule has 3 atom stereocenters. The zero-order valence-corrected chi connectivity index (χ0v) is 16.7. The number of hydrogen-bond acceptors (Lipinski definition) is 5. The van der Waals surface area contributed by atoms with Crippen LogP contribution < -0.4 is 10.6 Å². The molecule has 0 saturated carbocycles. The van der Waals surface area contributed by atoms with E-state index in [1.807, 2.05) is 30.3 Å². The molecule has 2 N–H and O–H groups in total. The molecule has 2 aliphatic heterocycles. The van der Waals surface area contributed by atoms with Crippen molar-refractivity contribution in [3.63, 3.8) is 0 Å². The number of amides is 2.